The SMILES string of the molecule is Cc1nc(C)c([C@H](OC(C)(C)C)C(=O)O)c(N2CCC3(CCCC3)CC2)c1-c1ccc(OCCc2ccc(F)cc2)cc1. The van der Waals surface area contributed by atoms with Crippen LogP contribution in [0.2, 0.25) is 0 Å². The molecule has 0 amide bonds. The molecule has 43 heavy (non-hydrogen) atoms. The Hall–Kier alpha value is -3.45. The minimum absolute atomic E-state index is 0.245. The van der Waals surface area contributed by atoms with Crippen molar-refractivity contribution in [1.29, 1.82) is 0 Å². The Morgan fingerprint density at radius 3 is 2.19 bits per heavy atom. The van der Waals surface area contributed by atoms with E-state index in [1.165, 1.54) is 37.8 Å². The molecule has 1 atom stereocenters. The Morgan fingerprint density at radius 2 is 1.60 bits per heavy atom. The molecule has 1 aliphatic carbocycles. The zero-order chi connectivity index (χ0) is 30.8. The monoisotopic (exact) mass is 588 g/mol. The Morgan fingerprint density at radius 1 is 0.977 bits per heavy atom. The number of nitrogens with zero attached hydrogens (tertiary/aromatic N) is 2. The van der Waals surface area contributed by atoms with Crippen LogP contribution in [0.15, 0.2) is 48.5 Å². The highest BCUT2D eigenvalue weighted by molar-refractivity contribution is 5.88. The van der Waals surface area contributed by atoms with E-state index < -0.39 is 17.7 Å². The van der Waals surface area contributed by atoms with E-state index in [0.29, 0.717) is 29.7 Å². The fourth-order valence-corrected chi connectivity index (χ4v) is 6.90. The number of aliphatic carboxylic acids is 1. The molecule has 3 aromatic rings. The van der Waals surface area contributed by atoms with E-state index in [4.69, 9.17) is 14.5 Å². The van der Waals surface area contributed by atoms with Gasteiger partial charge in [-0.2, -0.15) is 0 Å². The average molecular weight is 589 g/mol. The largest absolute Gasteiger partial charge is 0.493 e. The Balaban J connectivity index is 1.49. The van der Waals surface area contributed by atoms with Gasteiger partial charge in [0.15, 0.2) is 6.10 Å². The third-order valence-electron chi connectivity index (χ3n) is 9.06. The lowest BCUT2D eigenvalue weighted by Crippen LogP contribution is -2.40. The molecule has 2 fully saturated rings. The highest BCUT2D eigenvalue weighted by Gasteiger charge is 2.40. The average Bonchev–Trinajstić information content (AvgIpc) is 3.41. The predicted octanol–water partition coefficient (Wildman–Crippen LogP) is 8.23. The molecule has 230 valence electrons. The summed E-state index contributed by atoms with van der Waals surface area (Å²) in [7, 11) is 0. The van der Waals surface area contributed by atoms with Crippen LogP contribution in [0.25, 0.3) is 11.1 Å². The fourth-order valence-electron chi connectivity index (χ4n) is 6.90. The standard InChI is InChI=1S/C36H45FN2O4/c1-24-30(27-10-14-29(15-11-27)42-23-16-26-8-12-28(37)13-9-26)32(39-21-19-36(20-22-39)17-6-7-18-36)31(25(2)38-24)33(34(40)41)43-35(3,4)5/h8-15,33H,6-7,16-23H2,1-5H3,(H,40,41)/t33-/m0/s1. The first-order valence-electron chi connectivity index (χ1n) is 15.6. The molecule has 1 N–H and O–H groups in total. The molecule has 1 aliphatic heterocycles. The van der Waals surface area contributed by atoms with Gasteiger partial charge >= 0.3 is 5.97 Å². The van der Waals surface area contributed by atoms with Gasteiger partial charge in [0.25, 0.3) is 0 Å². The predicted molar refractivity (Wildman–Crippen MR) is 168 cm³/mol. The molecule has 1 spiro atoms. The first kappa shape index (κ1) is 31.0. The van der Waals surface area contributed by atoms with Crippen LogP contribution >= 0.6 is 0 Å². The summed E-state index contributed by atoms with van der Waals surface area (Å²) in [5.41, 5.74) is 5.83. The molecule has 0 unspecified atom stereocenters. The minimum atomic E-state index is -1.14. The smallest absolute Gasteiger partial charge is 0.337 e. The van der Waals surface area contributed by atoms with E-state index in [1.807, 2.05) is 58.9 Å². The minimum Gasteiger partial charge on any atom is -0.493 e. The lowest BCUT2D eigenvalue weighted by atomic mass is 9.76. The lowest BCUT2D eigenvalue weighted by Gasteiger charge is -2.42. The molecule has 5 rings (SSSR count). The molecule has 1 saturated heterocycles. The summed E-state index contributed by atoms with van der Waals surface area (Å²) in [4.78, 5) is 20.0. The number of carboxylic acid groups (broad SMARTS) is 1. The summed E-state index contributed by atoms with van der Waals surface area (Å²) < 4.78 is 25.5. The Kier molecular flexibility index (Phi) is 9.12. The molecule has 1 aromatic heterocycles. The number of piperidine rings is 1. The number of rotatable bonds is 9. The van der Waals surface area contributed by atoms with Gasteiger partial charge < -0.3 is 19.5 Å². The first-order chi connectivity index (χ1) is 20.4. The number of carboxylic acids is 1. The number of carbonyl (C=O) groups is 1. The van der Waals surface area contributed by atoms with Gasteiger partial charge in [0.05, 0.1) is 17.9 Å². The van der Waals surface area contributed by atoms with Crippen molar-refractivity contribution < 1.29 is 23.8 Å². The summed E-state index contributed by atoms with van der Waals surface area (Å²) >= 11 is 0. The number of hydrogen-bond acceptors (Lipinski definition) is 5. The van der Waals surface area contributed by atoms with Crippen molar-refractivity contribution in [1.82, 2.24) is 4.98 Å². The summed E-state index contributed by atoms with van der Waals surface area (Å²) in [6.07, 6.45) is 6.97. The van der Waals surface area contributed by atoms with Gasteiger partial charge in [-0.1, -0.05) is 37.1 Å². The van der Waals surface area contributed by atoms with E-state index in [9.17, 15) is 14.3 Å². The molecule has 1 saturated carbocycles. The van der Waals surface area contributed by atoms with Crippen LogP contribution in [0.5, 0.6) is 5.75 Å². The molecule has 0 bridgehead atoms. The summed E-state index contributed by atoms with van der Waals surface area (Å²) in [6, 6.07) is 14.4. The van der Waals surface area contributed by atoms with Crippen molar-refractivity contribution in [2.24, 2.45) is 5.41 Å². The molecule has 0 radical (unpaired) electrons. The number of pyridine rings is 1. The van der Waals surface area contributed by atoms with E-state index in [1.54, 1.807) is 12.1 Å². The van der Waals surface area contributed by atoms with Crippen LogP contribution in [0.1, 0.15) is 87.9 Å². The number of halogens is 1. The highest BCUT2D eigenvalue weighted by atomic mass is 19.1. The van der Waals surface area contributed by atoms with Crippen LogP contribution in [-0.4, -0.2) is 41.4 Å². The number of hydrogen-bond donors (Lipinski definition) is 1. The highest BCUT2D eigenvalue weighted by Crippen LogP contribution is 2.49. The van der Waals surface area contributed by atoms with Gasteiger partial charge in [-0.15, -0.1) is 0 Å². The van der Waals surface area contributed by atoms with Crippen LogP contribution < -0.4 is 9.64 Å². The maximum atomic E-state index is 13.2. The van der Waals surface area contributed by atoms with Crippen LogP contribution in [0.3, 0.4) is 0 Å². The van der Waals surface area contributed by atoms with Gasteiger partial charge in [0, 0.05) is 42.0 Å². The number of aromatic nitrogens is 1. The molecule has 2 aliphatic rings. The Labute approximate surface area is 255 Å². The van der Waals surface area contributed by atoms with E-state index in [-0.39, 0.29) is 5.82 Å². The van der Waals surface area contributed by atoms with Gasteiger partial charge in [0.2, 0.25) is 0 Å². The molecule has 2 aromatic carbocycles. The number of aryl methyl sites for hydroxylation is 2. The molecular formula is C36H45FN2O4. The maximum Gasteiger partial charge on any atom is 0.337 e. The zero-order valence-electron chi connectivity index (χ0n) is 26.2. The quantitative estimate of drug-likeness (QED) is 0.272. The van der Waals surface area contributed by atoms with Crippen molar-refractivity contribution in [3.05, 3.63) is 76.9 Å². The van der Waals surface area contributed by atoms with Crippen molar-refractivity contribution in [3.8, 4) is 16.9 Å². The molecule has 2 heterocycles. The second-order valence-corrected chi connectivity index (χ2v) is 13.3. The van der Waals surface area contributed by atoms with Crippen molar-refractivity contribution in [2.75, 3.05) is 24.6 Å². The van der Waals surface area contributed by atoms with Crippen LogP contribution in [-0.2, 0) is 16.0 Å². The van der Waals surface area contributed by atoms with Crippen molar-refractivity contribution in [3.63, 3.8) is 0 Å². The third kappa shape index (κ3) is 7.20. The van der Waals surface area contributed by atoms with Gasteiger partial charge in [0.1, 0.15) is 11.6 Å². The second kappa shape index (κ2) is 12.7. The van der Waals surface area contributed by atoms with E-state index in [2.05, 4.69) is 4.90 Å². The van der Waals surface area contributed by atoms with Gasteiger partial charge in [-0.3, -0.25) is 4.98 Å². The zero-order valence-corrected chi connectivity index (χ0v) is 26.2. The third-order valence-corrected chi connectivity index (χ3v) is 9.06. The van der Waals surface area contributed by atoms with Gasteiger partial charge in [-0.05, 0) is 101 Å². The first-order valence-corrected chi connectivity index (χ1v) is 15.6. The summed E-state index contributed by atoms with van der Waals surface area (Å²) in [6.45, 7) is 11.8. The summed E-state index contributed by atoms with van der Waals surface area (Å²) in [5.74, 6) is -0.512. The number of ether oxygens (including phenoxy) is 2. The van der Waals surface area contributed by atoms with Crippen molar-refractivity contribution in [2.45, 2.75) is 91.3 Å². The summed E-state index contributed by atoms with van der Waals surface area (Å²) in [5, 5.41) is 10.4. The van der Waals surface area contributed by atoms with E-state index in [0.717, 1.165) is 59.8 Å². The molecule has 6 nitrogen and oxygen atoms in total. The number of anilines is 1. The Bertz CT molecular complexity index is 1410. The second-order valence-electron chi connectivity index (χ2n) is 13.3. The van der Waals surface area contributed by atoms with Crippen LogP contribution in [0, 0.1) is 25.1 Å². The number of benzene rings is 2. The van der Waals surface area contributed by atoms with Crippen LogP contribution in [0.4, 0.5) is 10.1 Å². The van der Waals surface area contributed by atoms with Crippen molar-refractivity contribution >= 4 is 11.7 Å². The van der Waals surface area contributed by atoms with E-state index >= 15 is 0 Å². The fraction of sp³-hybridized carbons (Fsp3) is 0.500. The molecule has 7 heteroatoms. The topological polar surface area (TPSA) is 71.9 Å². The molecular weight excluding hydrogens is 543 g/mol. The normalized spacial score (nSPS) is 17.3. The maximum absolute atomic E-state index is 13.2. The lowest BCUT2D eigenvalue weighted by molar-refractivity contribution is -0.160. The van der Waals surface area contributed by atoms with Gasteiger partial charge in [-0.25, -0.2) is 9.18 Å².